The van der Waals surface area contributed by atoms with Crippen LogP contribution in [0.15, 0.2) is 0 Å². The summed E-state index contributed by atoms with van der Waals surface area (Å²) in [5, 5.41) is 0.932. The zero-order valence-electron chi connectivity index (χ0n) is 12.0. The highest BCUT2D eigenvalue weighted by Gasteiger charge is 2.23. The molecule has 1 fully saturated rings. The summed E-state index contributed by atoms with van der Waals surface area (Å²) in [7, 11) is 1.39. The van der Waals surface area contributed by atoms with Gasteiger partial charge in [-0.05, 0) is 20.8 Å². The molecule has 0 aromatic carbocycles. The van der Waals surface area contributed by atoms with Crippen LogP contribution in [-0.4, -0.2) is 55.2 Å². The Kier molecular flexibility index (Phi) is 4.42. The molecular formula is C13H21N3O2S. The van der Waals surface area contributed by atoms with Crippen molar-refractivity contribution in [3.8, 4) is 0 Å². The maximum Gasteiger partial charge on any atom is 0.357 e. The summed E-state index contributed by atoms with van der Waals surface area (Å²) < 4.78 is 4.74. The standard InChI is InChI=1S/C13H21N3O2S/c1-9(2)15-5-7-16(8-6-15)13-14-11(10(3)19-13)12(17)18-4/h9H,5-8H2,1-4H3. The molecule has 6 heteroatoms. The Bertz CT molecular complexity index is 451. The van der Waals surface area contributed by atoms with Crippen LogP contribution in [0.1, 0.15) is 29.2 Å². The second-order valence-corrected chi connectivity index (χ2v) is 6.19. The van der Waals surface area contributed by atoms with Crippen molar-refractivity contribution in [2.24, 2.45) is 0 Å². The summed E-state index contributed by atoms with van der Waals surface area (Å²) in [6, 6.07) is 0.589. The van der Waals surface area contributed by atoms with Gasteiger partial charge in [-0.25, -0.2) is 9.78 Å². The van der Waals surface area contributed by atoms with Gasteiger partial charge in [0.15, 0.2) is 10.8 Å². The van der Waals surface area contributed by atoms with E-state index in [0.717, 1.165) is 36.2 Å². The van der Waals surface area contributed by atoms with Crippen LogP contribution in [0.2, 0.25) is 0 Å². The Morgan fingerprint density at radius 1 is 1.32 bits per heavy atom. The molecule has 0 radical (unpaired) electrons. The second kappa shape index (κ2) is 5.88. The van der Waals surface area contributed by atoms with Crippen LogP contribution in [0.5, 0.6) is 0 Å². The molecule has 0 saturated carbocycles. The van der Waals surface area contributed by atoms with E-state index in [2.05, 4.69) is 28.6 Å². The number of thiazole rings is 1. The predicted octanol–water partition coefficient (Wildman–Crippen LogP) is 1.77. The van der Waals surface area contributed by atoms with E-state index in [1.165, 1.54) is 7.11 Å². The van der Waals surface area contributed by atoms with Crippen LogP contribution in [0.3, 0.4) is 0 Å². The van der Waals surface area contributed by atoms with E-state index < -0.39 is 0 Å². The van der Waals surface area contributed by atoms with Crippen molar-refractivity contribution in [1.29, 1.82) is 0 Å². The van der Waals surface area contributed by atoms with Gasteiger partial charge in [0.2, 0.25) is 0 Å². The van der Waals surface area contributed by atoms with Crippen molar-refractivity contribution in [3.05, 3.63) is 10.6 Å². The van der Waals surface area contributed by atoms with Crippen LogP contribution in [0, 0.1) is 6.92 Å². The lowest BCUT2D eigenvalue weighted by Crippen LogP contribution is -2.48. The number of carbonyl (C=O) groups excluding carboxylic acids is 1. The van der Waals surface area contributed by atoms with Gasteiger partial charge in [-0.3, -0.25) is 4.90 Å². The lowest BCUT2D eigenvalue weighted by molar-refractivity contribution is 0.0594. The summed E-state index contributed by atoms with van der Waals surface area (Å²) >= 11 is 1.57. The molecule has 1 aliphatic rings. The van der Waals surface area contributed by atoms with Crippen molar-refractivity contribution >= 4 is 22.4 Å². The molecule has 1 aromatic rings. The summed E-state index contributed by atoms with van der Waals surface area (Å²) in [5.41, 5.74) is 0.453. The van der Waals surface area contributed by atoms with E-state index in [-0.39, 0.29) is 5.97 Å². The van der Waals surface area contributed by atoms with E-state index in [1.807, 2.05) is 6.92 Å². The highest BCUT2D eigenvalue weighted by Crippen LogP contribution is 2.27. The maximum atomic E-state index is 11.6. The minimum Gasteiger partial charge on any atom is -0.464 e. The van der Waals surface area contributed by atoms with Gasteiger partial charge in [-0.2, -0.15) is 0 Å². The molecule has 0 N–H and O–H groups in total. The third-order valence-corrected chi connectivity index (χ3v) is 4.51. The molecule has 0 unspecified atom stereocenters. The van der Waals surface area contributed by atoms with Crippen molar-refractivity contribution in [2.75, 3.05) is 38.2 Å². The molecule has 0 atom stereocenters. The molecule has 106 valence electrons. The zero-order chi connectivity index (χ0) is 14.0. The van der Waals surface area contributed by atoms with Gasteiger partial charge in [0, 0.05) is 37.1 Å². The summed E-state index contributed by atoms with van der Waals surface area (Å²) in [4.78, 5) is 21.6. The van der Waals surface area contributed by atoms with Crippen LogP contribution < -0.4 is 4.90 Å². The first-order valence-electron chi connectivity index (χ1n) is 6.57. The highest BCUT2D eigenvalue weighted by atomic mass is 32.1. The second-order valence-electron chi connectivity index (χ2n) is 5.01. The molecule has 0 bridgehead atoms. The monoisotopic (exact) mass is 283 g/mol. The average molecular weight is 283 g/mol. The fourth-order valence-corrected chi connectivity index (χ4v) is 3.18. The third-order valence-electron chi connectivity index (χ3n) is 3.48. The minimum atomic E-state index is -0.346. The average Bonchev–Trinajstić information content (AvgIpc) is 2.80. The van der Waals surface area contributed by atoms with Crippen molar-refractivity contribution in [1.82, 2.24) is 9.88 Å². The Morgan fingerprint density at radius 3 is 2.47 bits per heavy atom. The van der Waals surface area contributed by atoms with Gasteiger partial charge in [0.25, 0.3) is 0 Å². The smallest absolute Gasteiger partial charge is 0.357 e. The molecule has 0 amide bonds. The Hall–Kier alpha value is -1.14. The first kappa shape index (κ1) is 14.3. The van der Waals surface area contributed by atoms with E-state index in [0.29, 0.717) is 11.7 Å². The lowest BCUT2D eigenvalue weighted by atomic mass is 10.2. The number of esters is 1. The third kappa shape index (κ3) is 3.06. The normalized spacial score (nSPS) is 17.0. The van der Waals surface area contributed by atoms with Crippen molar-refractivity contribution in [3.63, 3.8) is 0 Å². The van der Waals surface area contributed by atoms with E-state index >= 15 is 0 Å². The number of carbonyl (C=O) groups is 1. The zero-order valence-corrected chi connectivity index (χ0v) is 12.8. The van der Waals surface area contributed by atoms with E-state index in [1.54, 1.807) is 11.3 Å². The van der Waals surface area contributed by atoms with Crippen molar-refractivity contribution in [2.45, 2.75) is 26.8 Å². The van der Waals surface area contributed by atoms with Gasteiger partial charge < -0.3 is 9.64 Å². The fraction of sp³-hybridized carbons (Fsp3) is 0.692. The number of aryl methyl sites for hydroxylation is 1. The first-order valence-corrected chi connectivity index (χ1v) is 7.39. The minimum absolute atomic E-state index is 0.346. The molecular weight excluding hydrogens is 262 g/mol. The summed E-state index contributed by atoms with van der Waals surface area (Å²) in [6.07, 6.45) is 0. The number of rotatable bonds is 3. The SMILES string of the molecule is COC(=O)c1nc(N2CCN(C(C)C)CC2)sc1C. The molecule has 0 spiro atoms. The van der Waals surface area contributed by atoms with E-state index in [4.69, 9.17) is 4.74 Å². The number of methoxy groups -OCH3 is 1. The molecule has 1 aromatic heterocycles. The van der Waals surface area contributed by atoms with Crippen LogP contribution in [0.4, 0.5) is 5.13 Å². The van der Waals surface area contributed by atoms with Gasteiger partial charge in [-0.1, -0.05) is 0 Å². The number of piperazine rings is 1. The van der Waals surface area contributed by atoms with Crippen LogP contribution >= 0.6 is 11.3 Å². The lowest BCUT2D eigenvalue weighted by Gasteiger charge is -2.36. The van der Waals surface area contributed by atoms with Crippen LogP contribution in [-0.2, 0) is 4.74 Å². The highest BCUT2D eigenvalue weighted by molar-refractivity contribution is 7.15. The van der Waals surface area contributed by atoms with Gasteiger partial charge in [-0.15, -0.1) is 11.3 Å². The Morgan fingerprint density at radius 2 is 1.95 bits per heavy atom. The quantitative estimate of drug-likeness (QED) is 0.791. The molecule has 1 saturated heterocycles. The largest absolute Gasteiger partial charge is 0.464 e. The maximum absolute atomic E-state index is 11.6. The molecule has 5 nitrogen and oxygen atoms in total. The predicted molar refractivity (Wildman–Crippen MR) is 77.1 cm³/mol. The number of hydrogen-bond acceptors (Lipinski definition) is 6. The molecule has 0 aliphatic carbocycles. The topological polar surface area (TPSA) is 45.7 Å². The summed E-state index contributed by atoms with van der Waals surface area (Å²) in [5.74, 6) is -0.346. The van der Waals surface area contributed by atoms with Crippen LogP contribution in [0.25, 0.3) is 0 Å². The first-order chi connectivity index (χ1) is 9.02. The van der Waals surface area contributed by atoms with Crippen molar-refractivity contribution < 1.29 is 9.53 Å². The number of nitrogens with zero attached hydrogens (tertiary/aromatic N) is 3. The van der Waals surface area contributed by atoms with Gasteiger partial charge in [0.1, 0.15) is 0 Å². The molecule has 2 heterocycles. The fourth-order valence-electron chi connectivity index (χ4n) is 2.23. The number of ether oxygens (including phenoxy) is 1. The Balaban J connectivity index is 2.06. The van der Waals surface area contributed by atoms with Gasteiger partial charge >= 0.3 is 5.97 Å². The number of hydrogen-bond donors (Lipinski definition) is 0. The number of anilines is 1. The molecule has 19 heavy (non-hydrogen) atoms. The van der Waals surface area contributed by atoms with E-state index in [9.17, 15) is 4.79 Å². The number of aromatic nitrogens is 1. The Labute approximate surface area is 118 Å². The molecule has 2 rings (SSSR count). The molecule has 1 aliphatic heterocycles. The van der Waals surface area contributed by atoms with Gasteiger partial charge in [0.05, 0.1) is 7.11 Å². The summed E-state index contributed by atoms with van der Waals surface area (Å²) in [6.45, 7) is 10.4.